The quantitative estimate of drug-likeness (QED) is 0.813. The van der Waals surface area contributed by atoms with Crippen molar-refractivity contribution in [3.05, 3.63) is 52.5 Å². The minimum atomic E-state index is -0.223. The fraction of sp³-hybridized carbons (Fsp3) is 0.231. The molecule has 88 valence electrons. The van der Waals surface area contributed by atoms with Crippen molar-refractivity contribution >= 4 is 21.7 Å². The minimum absolute atomic E-state index is 0.0959. The van der Waals surface area contributed by atoms with Crippen LogP contribution in [0.5, 0.6) is 0 Å². The van der Waals surface area contributed by atoms with E-state index in [1.807, 2.05) is 48.9 Å². The lowest BCUT2D eigenvalue weighted by Crippen LogP contribution is -2.17. The second-order valence-electron chi connectivity index (χ2n) is 3.93. The normalized spacial score (nSPS) is 12.4. The number of carbonyl (C=O) groups excluding carboxylic acids is 1. The molecule has 1 unspecified atom stereocenters. The first-order valence-electron chi connectivity index (χ1n) is 5.39. The van der Waals surface area contributed by atoms with E-state index in [2.05, 4.69) is 20.9 Å². The van der Waals surface area contributed by atoms with Crippen LogP contribution in [0.15, 0.2) is 41.1 Å². The highest BCUT2D eigenvalue weighted by Crippen LogP contribution is 2.17. The molecule has 2 rings (SSSR count). The second-order valence-corrected chi connectivity index (χ2v) is 4.84. The Labute approximate surface area is 109 Å². The zero-order valence-electron chi connectivity index (χ0n) is 9.72. The number of aromatic nitrogens is 2. The fourth-order valence-corrected chi connectivity index (χ4v) is 2.04. The van der Waals surface area contributed by atoms with Crippen LogP contribution in [-0.4, -0.2) is 15.3 Å². The number of carbonyl (C=O) groups is 1. The zero-order valence-corrected chi connectivity index (χ0v) is 11.3. The first kappa shape index (κ1) is 12.0. The zero-order chi connectivity index (χ0) is 12.4. The standard InChI is InChI=1S/C13H13BrN2O/c1-9(16-8-7-15-10(16)2)13(17)11-3-5-12(14)6-4-11/h3-9H,1-2H3. The van der Waals surface area contributed by atoms with Crippen molar-refractivity contribution in [2.75, 3.05) is 0 Å². The molecule has 0 fully saturated rings. The van der Waals surface area contributed by atoms with Gasteiger partial charge in [-0.3, -0.25) is 4.79 Å². The summed E-state index contributed by atoms with van der Waals surface area (Å²) in [4.78, 5) is 16.4. The maximum atomic E-state index is 12.2. The largest absolute Gasteiger partial charge is 0.325 e. The van der Waals surface area contributed by atoms with Gasteiger partial charge in [0.25, 0.3) is 0 Å². The topological polar surface area (TPSA) is 34.9 Å². The van der Waals surface area contributed by atoms with Crippen molar-refractivity contribution < 1.29 is 4.79 Å². The molecule has 0 aliphatic heterocycles. The number of rotatable bonds is 3. The van der Waals surface area contributed by atoms with Crippen LogP contribution < -0.4 is 0 Å². The van der Waals surface area contributed by atoms with Crippen LogP contribution in [0.2, 0.25) is 0 Å². The molecule has 0 N–H and O–H groups in total. The van der Waals surface area contributed by atoms with E-state index in [4.69, 9.17) is 0 Å². The third-order valence-electron chi connectivity index (χ3n) is 2.79. The Morgan fingerprint density at radius 1 is 1.35 bits per heavy atom. The van der Waals surface area contributed by atoms with Gasteiger partial charge in [-0.2, -0.15) is 0 Å². The van der Waals surface area contributed by atoms with Crippen LogP contribution >= 0.6 is 15.9 Å². The van der Waals surface area contributed by atoms with E-state index in [1.165, 1.54) is 0 Å². The minimum Gasteiger partial charge on any atom is -0.325 e. The maximum absolute atomic E-state index is 12.2. The van der Waals surface area contributed by atoms with Crippen molar-refractivity contribution in [2.45, 2.75) is 19.9 Å². The first-order chi connectivity index (χ1) is 8.09. The Hall–Kier alpha value is -1.42. The lowest BCUT2D eigenvalue weighted by molar-refractivity contribution is 0.0933. The molecule has 0 amide bonds. The summed E-state index contributed by atoms with van der Waals surface area (Å²) in [7, 11) is 0. The molecule has 1 atom stereocenters. The number of imidazole rings is 1. The highest BCUT2D eigenvalue weighted by molar-refractivity contribution is 9.10. The molecular weight excluding hydrogens is 280 g/mol. The van der Waals surface area contributed by atoms with Crippen molar-refractivity contribution in [2.24, 2.45) is 0 Å². The summed E-state index contributed by atoms with van der Waals surface area (Å²) >= 11 is 3.36. The summed E-state index contributed by atoms with van der Waals surface area (Å²) in [6.07, 6.45) is 3.54. The average molecular weight is 293 g/mol. The molecule has 4 heteroatoms. The smallest absolute Gasteiger partial charge is 0.185 e. The van der Waals surface area contributed by atoms with Gasteiger partial charge in [-0.05, 0) is 26.0 Å². The van der Waals surface area contributed by atoms with Crippen LogP contribution in [-0.2, 0) is 0 Å². The highest BCUT2D eigenvalue weighted by atomic mass is 79.9. The highest BCUT2D eigenvalue weighted by Gasteiger charge is 2.17. The van der Waals surface area contributed by atoms with E-state index in [0.717, 1.165) is 10.3 Å². The number of hydrogen-bond acceptors (Lipinski definition) is 2. The summed E-state index contributed by atoms with van der Waals surface area (Å²) < 4.78 is 2.85. The summed E-state index contributed by atoms with van der Waals surface area (Å²) in [5.41, 5.74) is 0.716. The van der Waals surface area contributed by atoms with E-state index < -0.39 is 0 Å². The van der Waals surface area contributed by atoms with E-state index >= 15 is 0 Å². The van der Waals surface area contributed by atoms with Gasteiger partial charge >= 0.3 is 0 Å². The summed E-state index contributed by atoms with van der Waals surface area (Å²) in [5.74, 6) is 0.946. The van der Waals surface area contributed by atoms with Gasteiger partial charge in [0.05, 0.1) is 6.04 Å². The monoisotopic (exact) mass is 292 g/mol. The lowest BCUT2D eigenvalue weighted by atomic mass is 10.1. The van der Waals surface area contributed by atoms with Crippen molar-refractivity contribution in [1.82, 2.24) is 9.55 Å². The summed E-state index contributed by atoms with van der Waals surface area (Å²) in [6.45, 7) is 3.78. The Balaban J connectivity index is 2.26. The SMILES string of the molecule is Cc1nccn1C(C)C(=O)c1ccc(Br)cc1. The van der Waals surface area contributed by atoms with Crippen molar-refractivity contribution in [1.29, 1.82) is 0 Å². The van der Waals surface area contributed by atoms with Crippen LogP contribution in [0.4, 0.5) is 0 Å². The van der Waals surface area contributed by atoms with Gasteiger partial charge < -0.3 is 4.57 Å². The molecule has 1 heterocycles. The van der Waals surface area contributed by atoms with E-state index in [1.54, 1.807) is 6.20 Å². The van der Waals surface area contributed by atoms with Gasteiger partial charge in [0, 0.05) is 22.4 Å². The van der Waals surface area contributed by atoms with Crippen molar-refractivity contribution in [3.8, 4) is 0 Å². The Bertz CT molecular complexity index is 531. The van der Waals surface area contributed by atoms with Gasteiger partial charge in [0.2, 0.25) is 0 Å². The number of hydrogen-bond donors (Lipinski definition) is 0. The molecule has 0 saturated heterocycles. The molecule has 0 radical (unpaired) electrons. The van der Waals surface area contributed by atoms with E-state index in [-0.39, 0.29) is 11.8 Å². The summed E-state index contributed by atoms with van der Waals surface area (Å²) in [5, 5.41) is 0. The van der Waals surface area contributed by atoms with Crippen LogP contribution in [0.1, 0.15) is 29.1 Å². The molecule has 2 aromatic rings. The summed E-state index contributed by atoms with van der Waals surface area (Å²) in [6, 6.07) is 7.19. The predicted molar refractivity (Wildman–Crippen MR) is 70.1 cm³/mol. The number of aryl methyl sites for hydroxylation is 1. The van der Waals surface area contributed by atoms with Gasteiger partial charge in [0.1, 0.15) is 5.82 Å². The Morgan fingerprint density at radius 2 is 2.00 bits per heavy atom. The maximum Gasteiger partial charge on any atom is 0.185 e. The third kappa shape index (κ3) is 2.47. The van der Waals surface area contributed by atoms with E-state index in [0.29, 0.717) is 5.56 Å². The second kappa shape index (κ2) is 4.84. The molecule has 1 aromatic carbocycles. The Kier molecular flexibility index (Phi) is 3.43. The molecule has 17 heavy (non-hydrogen) atoms. The average Bonchev–Trinajstić information content (AvgIpc) is 2.74. The van der Waals surface area contributed by atoms with Gasteiger partial charge in [0.15, 0.2) is 5.78 Å². The van der Waals surface area contributed by atoms with Crippen LogP contribution in [0.25, 0.3) is 0 Å². The first-order valence-corrected chi connectivity index (χ1v) is 6.18. The number of ketones is 1. The number of halogens is 1. The lowest BCUT2D eigenvalue weighted by Gasteiger charge is -2.13. The fourth-order valence-electron chi connectivity index (χ4n) is 1.78. The number of Topliss-reactive ketones (excluding diaryl/α,β-unsaturated/α-hetero) is 1. The molecule has 0 spiro atoms. The number of benzene rings is 1. The molecule has 0 bridgehead atoms. The van der Waals surface area contributed by atoms with Crippen LogP contribution in [0, 0.1) is 6.92 Å². The van der Waals surface area contributed by atoms with Crippen LogP contribution in [0.3, 0.4) is 0 Å². The molecule has 1 aromatic heterocycles. The molecular formula is C13H13BrN2O. The number of nitrogens with zero attached hydrogens (tertiary/aromatic N) is 2. The molecule has 0 aliphatic rings. The van der Waals surface area contributed by atoms with Crippen molar-refractivity contribution in [3.63, 3.8) is 0 Å². The van der Waals surface area contributed by atoms with Gasteiger partial charge in [-0.15, -0.1) is 0 Å². The third-order valence-corrected chi connectivity index (χ3v) is 3.32. The Morgan fingerprint density at radius 3 is 2.53 bits per heavy atom. The van der Waals surface area contributed by atoms with E-state index in [9.17, 15) is 4.79 Å². The molecule has 0 aliphatic carbocycles. The molecule has 0 saturated carbocycles. The predicted octanol–water partition coefficient (Wildman–Crippen LogP) is 3.40. The van der Waals surface area contributed by atoms with Gasteiger partial charge in [-0.25, -0.2) is 4.98 Å². The van der Waals surface area contributed by atoms with Gasteiger partial charge in [-0.1, -0.05) is 28.1 Å². The molecule has 3 nitrogen and oxygen atoms in total.